The maximum absolute atomic E-state index is 15.4. The molecule has 4 rings (SSSR count). The minimum absolute atomic E-state index is 0.00688. The van der Waals surface area contributed by atoms with Crippen LogP contribution in [0.15, 0.2) is 23.0 Å². The van der Waals surface area contributed by atoms with Crippen molar-refractivity contribution in [3.8, 4) is 16.9 Å². The number of aliphatic hydroxyl groups excluding tert-OH is 1. The van der Waals surface area contributed by atoms with Crippen LogP contribution in [-0.2, 0) is 4.79 Å². The predicted octanol–water partition coefficient (Wildman–Crippen LogP) is 2.81. The first-order chi connectivity index (χ1) is 15.7. The van der Waals surface area contributed by atoms with E-state index in [9.17, 15) is 19.8 Å². The van der Waals surface area contributed by atoms with Gasteiger partial charge in [-0.3, -0.25) is 15.0 Å². The molecule has 176 valence electrons. The number of nitrogens with one attached hydrogen (secondary N) is 2. The molecule has 2 fully saturated rings. The normalized spacial score (nSPS) is 16.8. The molecule has 0 saturated heterocycles. The number of pyridine rings is 1. The second-order valence-electron chi connectivity index (χ2n) is 9.18. The van der Waals surface area contributed by atoms with Gasteiger partial charge < -0.3 is 25.8 Å². The van der Waals surface area contributed by atoms with E-state index in [1.165, 1.54) is 17.0 Å². The second-order valence-corrected chi connectivity index (χ2v) is 9.18. The molecule has 0 radical (unpaired) electrons. The van der Waals surface area contributed by atoms with E-state index in [0.717, 1.165) is 32.1 Å². The van der Waals surface area contributed by atoms with Gasteiger partial charge in [-0.25, -0.2) is 4.39 Å². The zero-order chi connectivity index (χ0) is 23.9. The number of amidine groups is 1. The number of carbonyl (C=O) groups excluding carboxylic acids is 1. The highest BCUT2D eigenvalue weighted by Gasteiger charge is 2.33. The van der Waals surface area contributed by atoms with Crippen molar-refractivity contribution in [2.75, 3.05) is 18.1 Å². The van der Waals surface area contributed by atoms with Crippen molar-refractivity contribution in [3.05, 3.63) is 45.6 Å². The Kier molecular flexibility index (Phi) is 6.25. The average molecular weight is 457 g/mol. The van der Waals surface area contributed by atoms with E-state index in [-0.39, 0.29) is 53.6 Å². The first kappa shape index (κ1) is 23.0. The maximum Gasteiger partial charge on any atom is 0.232 e. The van der Waals surface area contributed by atoms with Gasteiger partial charge in [0, 0.05) is 36.0 Å². The number of aromatic hydroxyl groups is 1. The van der Waals surface area contributed by atoms with Crippen LogP contribution in [0.25, 0.3) is 11.1 Å². The molecule has 0 aliphatic heterocycles. The molecule has 1 unspecified atom stereocenters. The predicted molar refractivity (Wildman–Crippen MR) is 123 cm³/mol. The molecule has 6 N–H and O–H groups in total. The summed E-state index contributed by atoms with van der Waals surface area (Å²) in [6.07, 6.45) is 4.18. The number of hydrogen-bond acceptors (Lipinski definition) is 5. The number of nitrogens with zero attached hydrogens (tertiary/aromatic N) is 1. The highest BCUT2D eigenvalue weighted by Crippen LogP contribution is 2.44. The first-order valence-electron chi connectivity index (χ1n) is 11.3. The van der Waals surface area contributed by atoms with Crippen molar-refractivity contribution in [2.24, 2.45) is 17.6 Å². The molecule has 0 spiro atoms. The van der Waals surface area contributed by atoms with E-state index in [4.69, 9.17) is 11.1 Å². The summed E-state index contributed by atoms with van der Waals surface area (Å²) in [6, 6.07) is 4.26. The molecule has 33 heavy (non-hydrogen) atoms. The van der Waals surface area contributed by atoms with Crippen molar-refractivity contribution >= 4 is 17.4 Å². The van der Waals surface area contributed by atoms with Crippen LogP contribution in [0.5, 0.6) is 5.75 Å². The van der Waals surface area contributed by atoms with Crippen LogP contribution in [0.2, 0.25) is 0 Å². The number of hydrogen-bond donors (Lipinski definition) is 5. The van der Waals surface area contributed by atoms with E-state index < -0.39 is 22.8 Å². The van der Waals surface area contributed by atoms with Gasteiger partial charge in [0.1, 0.15) is 17.3 Å². The third-order valence-electron chi connectivity index (χ3n) is 6.52. The number of nitrogens with two attached hydrogens (primary N) is 1. The number of rotatable bonds is 8. The van der Waals surface area contributed by atoms with Crippen molar-refractivity contribution in [1.82, 2.24) is 4.98 Å². The Morgan fingerprint density at radius 1 is 1.33 bits per heavy atom. The number of aromatic nitrogens is 1. The van der Waals surface area contributed by atoms with Crippen LogP contribution < -0.4 is 16.1 Å². The minimum atomic E-state index is -0.788. The Morgan fingerprint density at radius 3 is 2.55 bits per heavy atom. The number of benzene rings is 1. The molecule has 9 heteroatoms. The van der Waals surface area contributed by atoms with Gasteiger partial charge in [0.2, 0.25) is 11.3 Å². The lowest BCUT2D eigenvalue weighted by Crippen LogP contribution is -2.42. The number of H-pyrrole nitrogens is 1. The molecule has 2 aliphatic carbocycles. The smallest absolute Gasteiger partial charge is 0.232 e. The first-order valence-corrected chi connectivity index (χ1v) is 11.3. The Morgan fingerprint density at radius 2 is 2.03 bits per heavy atom. The van der Waals surface area contributed by atoms with E-state index in [0.29, 0.717) is 11.4 Å². The van der Waals surface area contributed by atoms with Crippen molar-refractivity contribution in [3.63, 3.8) is 0 Å². The summed E-state index contributed by atoms with van der Waals surface area (Å²) in [5.74, 6) is -2.27. The molecule has 1 amide bonds. The van der Waals surface area contributed by atoms with E-state index in [2.05, 4.69) is 4.98 Å². The standard InChI is InChI=1S/C24H29FN4O4/c1-12(11-30)10-29(24(33)14-3-2-4-14)15-7-8-16(17(25)9-15)18-19(13-5-6-13)28-20(23(26)27)22(32)21(18)31/h7-9,12-14,30,32H,2-6,10-11H2,1H3,(H3,26,27)(H,28,31). The van der Waals surface area contributed by atoms with E-state index in [1.807, 2.05) is 6.92 Å². The fourth-order valence-electron chi connectivity index (χ4n) is 4.19. The average Bonchev–Trinajstić information content (AvgIpc) is 3.57. The zero-order valence-corrected chi connectivity index (χ0v) is 18.5. The Labute approximate surface area is 190 Å². The summed E-state index contributed by atoms with van der Waals surface area (Å²) in [7, 11) is 0. The van der Waals surface area contributed by atoms with Gasteiger partial charge in [-0.15, -0.1) is 0 Å². The monoisotopic (exact) mass is 456 g/mol. The molecule has 0 bridgehead atoms. The summed E-state index contributed by atoms with van der Waals surface area (Å²) in [5.41, 5.74) is 5.38. The largest absolute Gasteiger partial charge is 0.503 e. The minimum Gasteiger partial charge on any atom is -0.503 e. The molecule has 2 aliphatic rings. The summed E-state index contributed by atoms with van der Waals surface area (Å²) in [5, 5.41) is 27.4. The molecule has 2 aromatic rings. The molecular formula is C24H29FN4O4. The van der Waals surface area contributed by atoms with Gasteiger partial charge in [-0.1, -0.05) is 13.3 Å². The Hall–Kier alpha value is -3.20. The van der Waals surface area contributed by atoms with Crippen LogP contribution in [0.4, 0.5) is 10.1 Å². The maximum atomic E-state index is 15.4. The van der Waals surface area contributed by atoms with Gasteiger partial charge >= 0.3 is 0 Å². The highest BCUT2D eigenvalue weighted by atomic mass is 19.1. The summed E-state index contributed by atoms with van der Waals surface area (Å²) < 4.78 is 15.4. The SMILES string of the molecule is CC(CO)CN(C(=O)C1CCC1)c1ccc(-c2c(C3CC3)[nH]c(C(=N)N)c(O)c2=O)c(F)c1. The van der Waals surface area contributed by atoms with Gasteiger partial charge in [-0.2, -0.15) is 0 Å². The van der Waals surface area contributed by atoms with E-state index >= 15 is 4.39 Å². The Balaban J connectivity index is 1.77. The fraction of sp³-hybridized carbons (Fsp3) is 0.458. The van der Waals surface area contributed by atoms with E-state index in [1.54, 1.807) is 6.07 Å². The summed E-state index contributed by atoms with van der Waals surface area (Å²) >= 11 is 0. The van der Waals surface area contributed by atoms with Gasteiger partial charge in [0.25, 0.3) is 0 Å². The third kappa shape index (κ3) is 4.37. The number of carbonyl (C=O) groups is 1. The highest BCUT2D eigenvalue weighted by molar-refractivity contribution is 5.97. The number of anilines is 1. The second kappa shape index (κ2) is 8.97. The fourth-order valence-corrected chi connectivity index (χ4v) is 4.19. The third-order valence-corrected chi connectivity index (χ3v) is 6.52. The number of amides is 1. The Bertz CT molecular complexity index is 1150. The lowest BCUT2D eigenvalue weighted by molar-refractivity contribution is -0.124. The number of aromatic amines is 1. The van der Waals surface area contributed by atoms with Crippen molar-refractivity contribution in [1.29, 1.82) is 5.41 Å². The molecule has 8 nitrogen and oxygen atoms in total. The van der Waals surface area contributed by atoms with Crippen molar-refractivity contribution < 1.29 is 19.4 Å². The van der Waals surface area contributed by atoms with Crippen LogP contribution in [-0.4, -0.2) is 40.1 Å². The molecule has 1 heterocycles. The number of aliphatic hydroxyl groups is 1. The molecule has 2 saturated carbocycles. The number of nitrogen functional groups attached to an aromatic ring is 1. The summed E-state index contributed by atoms with van der Waals surface area (Å²) in [6.45, 7) is 1.97. The summed E-state index contributed by atoms with van der Waals surface area (Å²) in [4.78, 5) is 30.3. The number of halogens is 1. The van der Waals surface area contributed by atoms with Crippen LogP contribution >= 0.6 is 0 Å². The van der Waals surface area contributed by atoms with Gasteiger partial charge in [0.15, 0.2) is 5.75 Å². The molecule has 1 aromatic carbocycles. The topological polar surface area (TPSA) is 144 Å². The molecule has 1 atom stereocenters. The van der Waals surface area contributed by atoms with Crippen molar-refractivity contribution in [2.45, 2.75) is 44.9 Å². The van der Waals surface area contributed by atoms with Crippen LogP contribution in [0.3, 0.4) is 0 Å². The lowest BCUT2D eigenvalue weighted by atomic mass is 9.84. The molecular weight excluding hydrogens is 427 g/mol. The zero-order valence-electron chi connectivity index (χ0n) is 18.5. The van der Waals surface area contributed by atoms with Crippen LogP contribution in [0.1, 0.15) is 56.3 Å². The lowest BCUT2D eigenvalue weighted by Gasteiger charge is -2.33. The van der Waals surface area contributed by atoms with Gasteiger partial charge in [-0.05, 0) is 55.7 Å². The van der Waals surface area contributed by atoms with Crippen LogP contribution in [0, 0.1) is 23.1 Å². The van der Waals surface area contributed by atoms with Gasteiger partial charge in [0.05, 0.1) is 5.56 Å². The molecule has 1 aromatic heterocycles. The quantitative estimate of drug-likeness (QED) is 0.307.